The van der Waals surface area contributed by atoms with E-state index in [-0.39, 0.29) is 11.8 Å². The minimum Gasteiger partial charge on any atom is -0.378 e. The average Bonchev–Trinajstić information content (AvgIpc) is 2.79. The molecule has 0 spiro atoms. The van der Waals surface area contributed by atoms with E-state index in [1.165, 1.54) is 6.07 Å². The number of benzene rings is 1. The lowest BCUT2D eigenvalue weighted by molar-refractivity contribution is -0.137. The lowest BCUT2D eigenvalue weighted by Gasteiger charge is -2.33. The first-order valence-corrected chi connectivity index (χ1v) is 10.9. The Labute approximate surface area is 189 Å². The van der Waals surface area contributed by atoms with Gasteiger partial charge >= 0.3 is 6.18 Å². The molecule has 2 fully saturated rings. The van der Waals surface area contributed by atoms with E-state index in [4.69, 9.17) is 16.3 Å². The minimum absolute atomic E-state index is 0.0817. The van der Waals surface area contributed by atoms with Crippen LogP contribution in [-0.4, -0.2) is 50.3 Å². The molecule has 1 N–H and O–H groups in total. The number of piperidine rings is 1. The van der Waals surface area contributed by atoms with Crippen LogP contribution in [-0.2, 0) is 15.7 Å². The van der Waals surface area contributed by atoms with Crippen LogP contribution in [0.5, 0.6) is 0 Å². The van der Waals surface area contributed by atoms with Gasteiger partial charge in [-0.15, -0.1) is 0 Å². The van der Waals surface area contributed by atoms with Gasteiger partial charge in [0, 0.05) is 43.3 Å². The van der Waals surface area contributed by atoms with Crippen molar-refractivity contribution < 1.29 is 22.7 Å². The predicted molar refractivity (Wildman–Crippen MR) is 117 cm³/mol. The molecule has 172 valence electrons. The zero-order valence-electron chi connectivity index (χ0n) is 17.4. The van der Waals surface area contributed by atoms with Gasteiger partial charge in [0.2, 0.25) is 5.91 Å². The largest absolute Gasteiger partial charge is 0.417 e. The molecule has 0 unspecified atom stereocenters. The number of pyridine rings is 1. The highest BCUT2D eigenvalue weighted by molar-refractivity contribution is 6.31. The van der Waals surface area contributed by atoms with E-state index in [1.807, 2.05) is 11.0 Å². The molecule has 0 bridgehead atoms. The van der Waals surface area contributed by atoms with Crippen molar-refractivity contribution in [3.8, 4) is 0 Å². The first-order valence-electron chi connectivity index (χ1n) is 10.5. The molecule has 1 amide bonds. The second-order valence-corrected chi connectivity index (χ2v) is 8.35. The second-order valence-electron chi connectivity index (χ2n) is 7.91. The van der Waals surface area contributed by atoms with Crippen LogP contribution >= 0.6 is 11.6 Å². The third-order valence-corrected chi connectivity index (χ3v) is 6.07. The molecule has 2 aliphatic rings. The topological polar surface area (TPSA) is 57.7 Å². The fraction of sp³-hybridized carbons (Fsp3) is 0.455. The highest BCUT2D eigenvalue weighted by Gasteiger charge is 2.31. The normalized spacial score (nSPS) is 18.0. The van der Waals surface area contributed by atoms with Crippen molar-refractivity contribution in [1.29, 1.82) is 0 Å². The molecule has 0 aliphatic carbocycles. The van der Waals surface area contributed by atoms with Gasteiger partial charge in [-0.25, -0.2) is 4.98 Å². The quantitative estimate of drug-likeness (QED) is 0.718. The number of carbonyl (C=O) groups is 1. The number of ether oxygens (including phenoxy) is 1. The lowest BCUT2D eigenvalue weighted by Crippen LogP contribution is -2.39. The van der Waals surface area contributed by atoms with Crippen LogP contribution in [0.4, 0.5) is 30.4 Å². The minimum atomic E-state index is -4.41. The van der Waals surface area contributed by atoms with Crippen molar-refractivity contribution in [2.75, 3.05) is 54.5 Å². The number of nitrogens with one attached hydrogen (secondary N) is 1. The number of hydrogen-bond acceptors (Lipinski definition) is 5. The Hall–Kier alpha value is -2.52. The van der Waals surface area contributed by atoms with Crippen molar-refractivity contribution in [2.24, 2.45) is 5.92 Å². The van der Waals surface area contributed by atoms with E-state index in [0.29, 0.717) is 55.7 Å². The summed E-state index contributed by atoms with van der Waals surface area (Å²) in [7, 11) is 0. The van der Waals surface area contributed by atoms with Gasteiger partial charge in [0.1, 0.15) is 5.82 Å². The molecule has 2 aromatic rings. The van der Waals surface area contributed by atoms with Gasteiger partial charge < -0.3 is 19.9 Å². The summed E-state index contributed by atoms with van der Waals surface area (Å²) in [5.74, 6) is 0.209. The second kappa shape index (κ2) is 9.54. The molecule has 4 rings (SSSR count). The molecule has 3 heterocycles. The number of hydrogen-bond donors (Lipinski definition) is 1. The van der Waals surface area contributed by atoms with Gasteiger partial charge in [-0.3, -0.25) is 4.79 Å². The van der Waals surface area contributed by atoms with Crippen LogP contribution < -0.4 is 15.1 Å². The van der Waals surface area contributed by atoms with Crippen molar-refractivity contribution in [2.45, 2.75) is 19.0 Å². The maximum Gasteiger partial charge on any atom is 0.417 e. The smallest absolute Gasteiger partial charge is 0.378 e. The van der Waals surface area contributed by atoms with E-state index in [1.54, 1.807) is 12.1 Å². The molecule has 0 radical (unpaired) electrons. The average molecular weight is 469 g/mol. The SMILES string of the molecule is O=C(Nc1cc(Cl)ccc1N1CCOCC1)C1CCN(c2ccc(C(F)(F)F)cn2)CC1. The highest BCUT2D eigenvalue weighted by atomic mass is 35.5. The summed E-state index contributed by atoms with van der Waals surface area (Å²) >= 11 is 6.17. The van der Waals surface area contributed by atoms with Crippen molar-refractivity contribution in [3.63, 3.8) is 0 Å². The predicted octanol–water partition coefficient (Wildman–Crippen LogP) is 4.45. The Kier molecular flexibility index (Phi) is 6.76. The van der Waals surface area contributed by atoms with Crippen LogP contribution in [0, 0.1) is 5.92 Å². The summed E-state index contributed by atoms with van der Waals surface area (Å²) in [4.78, 5) is 21.0. The molecule has 0 atom stereocenters. The molecule has 1 aromatic heterocycles. The molecular weight excluding hydrogens is 445 g/mol. The van der Waals surface area contributed by atoms with Crippen molar-refractivity contribution in [1.82, 2.24) is 4.98 Å². The zero-order chi connectivity index (χ0) is 22.7. The third kappa shape index (κ3) is 5.27. The number of nitrogens with zero attached hydrogens (tertiary/aromatic N) is 3. The van der Waals surface area contributed by atoms with Crippen LogP contribution in [0.15, 0.2) is 36.5 Å². The summed E-state index contributed by atoms with van der Waals surface area (Å²) < 4.78 is 43.6. The first-order chi connectivity index (χ1) is 15.3. The zero-order valence-corrected chi connectivity index (χ0v) is 18.1. The van der Waals surface area contributed by atoms with Crippen LogP contribution in [0.25, 0.3) is 0 Å². The Morgan fingerprint density at radius 2 is 1.78 bits per heavy atom. The van der Waals surface area contributed by atoms with Gasteiger partial charge in [-0.2, -0.15) is 13.2 Å². The van der Waals surface area contributed by atoms with Gasteiger partial charge in [-0.1, -0.05) is 11.6 Å². The molecule has 2 saturated heterocycles. The standard InChI is InChI=1S/C22H24ClF3N4O2/c23-17-2-3-19(29-9-11-32-12-10-29)18(13-17)28-21(31)15-5-7-30(8-6-15)20-4-1-16(14-27-20)22(24,25)26/h1-4,13-15H,5-12H2,(H,28,31). The van der Waals surface area contributed by atoms with Crippen molar-refractivity contribution in [3.05, 3.63) is 47.1 Å². The first kappa shape index (κ1) is 22.7. The summed E-state index contributed by atoms with van der Waals surface area (Å²) in [6.07, 6.45) is -2.39. The van der Waals surface area contributed by atoms with Crippen LogP contribution in [0.3, 0.4) is 0 Å². The summed E-state index contributed by atoms with van der Waals surface area (Å²) in [6.45, 7) is 3.83. The van der Waals surface area contributed by atoms with E-state index < -0.39 is 11.7 Å². The molecule has 2 aliphatic heterocycles. The fourth-order valence-electron chi connectivity index (χ4n) is 4.03. The summed E-state index contributed by atoms with van der Waals surface area (Å²) in [5.41, 5.74) is 0.821. The number of anilines is 3. The number of carbonyl (C=O) groups excluding carboxylic acids is 1. The van der Waals surface area contributed by atoms with Gasteiger partial charge in [0.05, 0.1) is 30.2 Å². The van der Waals surface area contributed by atoms with Gasteiger partial charge in [0.15, 0.2) is 0 Å². The maximum absolute atomic E-state index is 13.0. The third-order valence-electron chi connectivity index (χ3n) is 5.83. The van der Waals surface area contributed by atoms with Crippen LogP contribution in [0.2, 0.25) is 5.02 Å². The number of amides is 1. The Morgan fingerprint density at radius 1 is 1.06 bits per heavy atom. The number of morpholine rings is 1. The van der Waals surface area contributed by atoms with E-state index in [0.717, 1.165) is 31.0 Å². The monoisotopic (exact) mass is 468 g/mol. The Balaban J connectivity index is 1.37. The fourth-order valence-corrected chi connectivity index (χ4v) is 4.21. The van der Waals surface area contributed by atoms with Crippen LogP contribution in [0.1, 0.15) is 18.4 Å². The molecule has 6 nitrogen and oxygen atoms in total. The van der Waals surface area contributed by atoms with Gasteiger partial charge in [0.25, 0.3) is 0 Å². The summed E-state index contributed by atoms with van der Waals surface area (Å²) in [6, 6.07) is 7.88. The molecule has 10 heteroatoms. The highest BCUT2D eigenvalue weighted by Crippen LogP contribution is 2.32. The van der Waals surface area contributed by atoms with E-state index in [2.05, 4.69) is 15.2 Å². The molecule has 0 saturated carbocycles. The maximum atomic E-state index is 13.0. The number of halogens is 4. The van der Waals surface area contributed by atoms with Crippen molar-refractivity contribution >= 4 is 34.7 Å². The number of aromatic nitrogens is 1. The van der Waals surface area contributed by atoms with E-state index in [9.17, 15) is 18.0 Å². The Bertz CT molecular complexity index is 941. The molecule has 1 aromatic carbocycles. The van der Waals surface area contributed by atoms with Gasteiger partial charge in [-0.05, 0) is 43.2 Å². The number of alkyl halides is 3. The molecule has 32 heavy (non-hydrogen) atoms. The lowest BCUT2D eigenvalue weighted by atomic mass is 9.95. The Morgan fingerprint density at radius 3 is 2.41 bits per heavy atom. The summed E-state index contributed by atoms with van der Waals surface area (Å²) in [5, 5.41) is 3.57. The number of rotatable bonds is 4. The van der Waals surface area contributed by atoms with E-state index >= 15 is 0 Å². The molecular formula is C22H24ClF3N4O2.